The van der Waals surface area contributed by atoms with Gasteiger partial charge in [0, 0.05) is 37.6 Å². The van der Waals surface area contributed by atoms with Crippen molar-refractivity contribution in [1.29, 1.82) is 0 Å². The molecule has 49 heavy (non-hydrogen) atoms. The highest BCUT2D eigenvalue weighted by atomic mass is 16.6. The summed E-state index contributed by atoms with van der Waals surface area (Å²) in [5, 5.41) is 0. The van der Waals surface area contributed by atoms with Crippen LogP contribution in [0.25, 0.3) is 0 Å². The van der Waals surface area contributed by atoms with Gasteiger partial charge in [-0.2, -0.15) is 0 Å². The predicted molar refractivity (Wildman–Crippen MR) is 165 cm³/mol. The summed E-state index contributed by atoms with van der Waals surface area (Å²) in [6.07, 6.45) is -2.76. The van der Waals surface area contributed by atoms with Crippen LogP contribution in [0.3, 0.4) is 0 Å². The number of amides is 4. The van der Waals surface area contributed by atoms with Crippen molar-refractivity contribution in [2.24, 2.45) is 0 Å². The van der Waals surface area contributed by atoms with Crippen LogP contribution >= 0.6 is 0 Å². The third-order valence-electron chi connectivity index (χ3n) is 7.62. The Morgan fingerprint density at radius 1 is 0.612 bits per heavy atom. The molecule has 0 radical (unpaired) electrons. The molecule has 4 amide bonds. The summed E-state index contributed by atoms with van der Waals surface area (Å²) in [5.74, 6) is -5.91. The molecule has 260 valence electrons. The molecule has 2 fully saturated rings. The van der Waals surface area contributed by atoms with E-state index in [1.54, 1.807) is 77.4 Å². The second-order valence-electron chi connectivity index (χ2n) is 11.3. The number of hydrogen-bond acceptors (Lipinski definition) is 14. The molecule has 0 saturated carbocycles. The van der Waals surface area contributed by atoms with Crippen LogP contribution in [0.5, 0.6) is 0 Å². The normalized spacial score (nSPS) is 17.6. The third-order valence-corrected chi connectivity index (χ3v) is 7.62. The highest BCUT2D eigenvalue weighted by Crippen LogP contribution is 2.21. The Hall–Kier alpha value is -5.48. The van der Waals surface area contributed by atoms with Crippen LogP contribution in [0.2, 0.25) is 0 Å². The summed E-state index contributed by atoms with van der Waals surface area (Å²) in [7, 11) is 0. The fraction of sp³-hybridized carbons (Fsp3) is 0.394. The Morgan fingerprint density at radius 2 is 0.980 bits per heavy atom. The predicted octanol–water partition coefficient (Wildman–Crippen LogP) is 0.327. The number of imide groups is 2. The van der Waals surface area contributed by atoms with E-state index in [2.05, 4.69) is 0 Å². The van der Waals surface area contributed by atoms with Crippen molar-refractivity contribution in [1.82, 2.24) is 19.6 Å². The molecule has 0 aliphatic carbocycles. The molecule has 2 aromatic rings. The van der Waals surface area contributed by atoms with Gasteiger partial charge in [0.2, 0.25) is 35.8 Å². The second-order valence-corrected chi connectivity index (χ2v) is 11.3. The minimum atomic E-state index is -1.38. The minimum Gasteiger partial charge on any atom is -0.446 e. The van der Waals surface area contributed by atoms with E-state index < -0.39 is 79.2 Å². The van der Waals surface area contributed by atoms with Gasteiger partial charge >= 0.3 is 23.9 Å². The Balaban J connectivity index is 1.26. The van der Waals surface area contributed by atoms with E-state index in [0.717, 1.165) is 23.6 Å². The minimum absolute atomic E-state index is 0.143. The van der Waals surface area contributed by atoms with Gasteiger partial charge in [-0.05, 0) is 6.92 Å². The maximum atomic E-state index is 12.9. The molecule has 0 aromatic heterocycles. The molecule has 0 spiro atoms. The summed E-state index contributed by atoms with van der Waals surface area (Å²) < 4.78 is 20.5. The number of carbonyl (C=O) groups is 8. The first-order chi connectivity index (χ1) is 23.3. The van der Waals surface area contributed by atoms with E-state index in [0.29, 0.717) is 11.1 Å². The van der Waals surface area contributed by atoms with Crippen LogP contribution in [0.1, 0.15) is 44.1 Å². The first-order valence-electron chi connectivity index (χ1n) is 15.2. The summed E-state index contributed by atoms with van der Waals surface area (Å²) in [5.41, 5.74) is 0.711. The largest absolute Gasteiger partial charge is 0.446 e. The quantitative estimate of drug-likeness (QED) is 0.160. The zero-order valence-corrected chi connectivity index (χ0v) is 27.1. The highest BCUT2D eigenvalue weighted by Gasteiger charge is 2.38. The highest BCUT2D eigenvalue weighted by molar-refractivity contribution is 6.00. The number of benzene rings is 2. The monoisotopic (exact) mass is 680 g/mol. The van der Waals surface area contributed by atoms with Crippen molar-refractivity contribution in [2.75, 3.05) is 46.2 Å². The molecule has 0 N–H and O–H groups in total. The van der Waals surface area contributed by atoms with Gasteiger partial charge in [-0.1, -0.05) is 60.7 Å². The van der Waals surface area contributed by atoms with Crippen LogP contribution < -0.4 is 0 Å². The smallest absolute Gasteiger partial charge is 0.353 e. The summed E-state index contributed by atoms with van der Waals surface area (Å²) in [6.45, 7) is 1.96. The van der Waals surface area contributed by atoms with E-state index in [4.69, 9.17) is 18.9 Å². The van der Waals surface area contributed by atoms with E-state index in [-0.39, 0.29) is 32.7 Å². The lowest BCUT2D eigenvalue weighted by Crippen LogP contribution is -2.60. The zero-order valence-electron chi connectivity index (χ0n) is 27.1. The maximum absolute atomic E-state index is 12.9. The topological polar surface area (TPSA) is 186 Å². The van der Waals surface area contributed by atoms with E-state index in [9.17, 15) is 38.4 Å². The van der Waals surface area contributed by atoms with Gasteiger partial charge < -0.3 is 18.9 Å². The third kappa shape index (κ3) is 9.77. The first kappa shape index (κ1) is 36.4. The molecule has 16 nitrogen and oxygen atoms in total. The molecule has 2 aliphatic rings. The lowest BCUT2D eigenvalue weighted by atomic mass is 10.1. The van der Waals surface area contributed by atoms with Gasteiger partial charge in [-0.15, -0.1) is 0 Å². The van der Waals surface area contributed by atoms with Crippen molar-refractivity contribution in [3.8, 4) is 0 Å². The lowest BCUT2D eigenvalue weighted by molar-refractivity contribution is -0.177. The number of ether oxygens (including phenoxy) is 4. The molecule has 16 heteroatoms. The second kappa shape index (κ2) is 16.6. The molecule has 2 aliphatic heterocycles. The van der Waals surface area contributed by atoms with Crippen molar-refractivity contribution < 1.29 is 57.3 Å². The molecule has 0 bridgehead atoms. The van der Waals surface area contributed by atoms with Crippen molar-refractivity contribution in [2.45, 2.75) is 39.0 Å². The molecule has 2 heterocycles. The van der Waals surface area contributed by atoms with E-state index >= 15 is 0 Å². The number of rotatable bonds is 13. The molecule has 0 unspecified atom stereocenters. The molecule has 2 aromatic carbocycles. The molecule has 4 rings (SSSR count). The van der Waals surface area contributed by atoms with Crippen LogP contribution in [0.4, 0.5) is 0 Å². The molecule has 2 saturated heterocycles. The van der Waals surface area contributed by atoms with Gasteiger partial charge in [0.25, 0.3) is 0 Å². The number of esters is 4. The maximum Gasteiger partial charge on any atom is 0.353 e. The molecular weight excluding hydrogens is 644 g/mol. The number of carbonyl (C=O) groups excluding carboxylic acids is 8. The first-order valence-corrected chi connectivity index (χ1v) is 15.2. The average molecular weight is 681 g/mol. The van der Waals surface area contributed by atoms with Crippen molar-refractivity contribution in [3.63, 3.8) is 0 Å². The Kier molecular flexibility index (Phi) is 12.3. The Labute approximate surface area is 281 Å². The fourth-order valence-corrected chi connectivity index (χ4v) is 5.18. The molecule has 3 atom stereocenters. The van der Waals surface area contributed by atoms with Crippen molar-refractivity contribution in [3.05, 3.63) is 71.8 Å². The van der Waals surface area contributed by atoms with Gasteiger partial charge in [-0.25, -0.2) is 19.4 Å². The number of piperazine rings is 2. The zero-order chi connectivity index (χ0) is 35.7. The van der Waals surface area contributed by atoms with Gasteiger partial charge in [0.15, 0.2) is 13.5 Å². The summed E-state index contributed by atoms with van der Waals surface area (Å²) in [6, 6.07) is 15.8. The average Bonchev–Trinajstić information content (AvgIpc) is 3.05. The molecular formula is C33H36N4O12. The Morgan fingerprint density at radius 3 is 1.35 bits per heavy atom. The van der Waals surface area contributed by atoms with Crippen molar-refractivity contribution >= 4 is 47.5 Å². The van der Waals surface area contributed by atoms with E-state index in [1.165, 1.54) is 0 Å². The van der Waals surface area contributed by atoms with Gasteiger partial charge in [0.05, 0.1) is 26.2 Å². The lowest BCUT2D eigenvalue weighted by Gasteiger charge is -2.39. The summed E-state index contributed by atoms with van der Waals surface area (Å²) in [4.78, 5) is 105. The van der Waals surface area contributed by atoms with E-state index in [1.807, 2.05) is 0 Å². The van der Waals surface area contributed by atoms with Gasteiger partial charge in [0.1, 0.15) is 0 Å². The standard InChI is InChI=1S/C33H36N4O12/c1-21(35-17-28(42)37(29(43)18-35)20-47-33(45)31(49-23(3)39)25-12-8-5-9-13-25)14-34-15-26(40)36(27(41)16-34)19-46-32(44)30(48-22(2)38)24-10-6-4-7-11-24/h4-13,21,30-31H,14-20H2,1-3H3/t21-,30-,31-/m1/s1. The number of hydrogen-bond donors (Lipinski definition) is 0. The number of nitrogens with zero attached hydrogens (tertiary/aromatic N) is 4. The van der Waals surface area contributed by atoms with Crippen LogP contribution in [-0.2, 0) is 57.3 Å². The van der Waals surface area contributed by atoms with Gasteiger partial charge in [-0.3, -0.25) is 38.6 Å². The van der Waals surface area contributed by atoms with Crippen LogP contribution in [-0.4, -0.2) is 119 Å². The van der Waals surface area contributed by atoms with Crippen LogP contribution in [0, 0.1) is 0 Å². The van der Waals surface area contributed by atoms with Crippen LogP contribution in [0.15, 0.2) is 60.7 Å². The summed E-state index contributed by atoms with van der Waals surface area (Å²) >= 11 is 0. The Bertz CT molecular complexity index is 1550. The SMILES string of the molecule is CC(=O)O[C@@H](C(=O)OCN1C(=O)CN(C[C@@H](C)N2CC(=O)N(COC(=O)[C@H](OC(C)=O)c3ccccc3)C(=O)C2)CC1=O)c1ccccc1. The fourth-order valence-electron chi connectivity index (χ4n) is 5.18.